The van der Waals surface area contributed by atoms with Gasteiger partial charge in [0.2, 0.25) is 0 Å². The topological polar surface area (TPSA) is 107 Å². The van der Waals surface area contributed by atoms with Crippen LogP contribution in [-0.2, 0) is 9.53 Å². The van der Waals surface area contributed by atoms with Crippen molar-refractivity contribution in [1.82, 2.24) is 9.88 Å². The van der Waals surface area contributed by atoms with Crippen LogP contribution in [-0.4, -0.2) is 40.3 Å². The summed E-state index contributed by atoms with van der Waals surface area (Å²) >= 11 is 6.01. The Morgan fingerprint density at radius 2 is 1.91 bits per heavy atom. The molecule has 1 aliphatic heterocycles. The van der Waals surface area contributed by atoms with Gasteiger partial charge in [-0.3, -0.25) is 19.0 Å². The molecular formula is C24H23ClN2O6. The first-order chi connectivity index (χ1) is 15.6. The van der Waals surface area contributed by atoms with E-state index >= 15 is 0 Å². The van der Waals surface area contributed by atoms with Crippen LogP contribution in [0.25, 0.3) is 10.9 Å². The van der Waals surface area contributed by atoms with Gasteiger partial charge in [-0.2, -0.15) is 0 Å². The van der Waals surface area contributed by atoms with Gasteiger partial charge in [-0.25, -0.2) is 0 Å². The molecule has 0 spiro atoms. The zero-order valence-corrected chi connectivity index (χ0v) is 19.1. The molecule has 172 valence electrons. The molecule has 1 aromatic heterocycles. The summed E-state index contributed by atoms with van der Waals surface area (Å²) in [6.07, 6.45) is 0. The number of amides is 1. The summed E-state index contributed by atoms with van der Waals surface area (Å²) in [5.74, 6) is -1.59. The van der Waals surface area contributed by atoms with E-state index in [2.05, 4.69) is 5.32 Å². The molecule has 0 saturated carbocycles. The number of hydrogen-bond acceptors (Lipinski definition) is 6. The molecule has 4 rings (SSSR count). The number of carbonyl (C=O) groups is 2. The molecule has 8 nitrogen and oxygen atoms in total. The average molecular weight is 471 g/mol. The Balaban J connectivity index is 1.80. The fourth-order valence-electron chi connectivity index (χ4n) is 3.83. The quantitative estimate of drug-likeness (QED) is 0.566. The smallest absolute Gasteiger partial charge is 0.325 e. The average Bonchev–Trinajstić information content (AvgIpc) is 2.75. The maximum absolute atomic E-state index is 13.5. The Hall–Kier alpha value is -3.52. The van der Waals surface area contributed by atoms with E-state index in [1.165, 1.54) is 4.57 Å². The van der Waals surface area contributed by atoms with Crippen LogP contribution in [0.1, 0.15) is 42.7 Å². The Labute approximate surface area is 194 Å². The number of esters is 1. The molecule has 1 amide bonds. The number of halogens is 1. The molecule has 33 heavy (non-hydrogen) atoms. The van der Waals surface area contributed by atoms with E-state index in [1.54, 1.807) is 63.2 Å². The van der Waals surface area contributed by atoms with E-state index < -0.39 is 46.9 Å². The third-order valence-electron chi connectivity index (χ3n) is 5.17. The van der Waals surface area contributed by atoms with Crippen LogP contribution < -0.4 is 15.6 Å². The maximum atomic E-state index is 13.5. The normalized spacial score (nSPS) is 15.1. The second kappa shape index (κ2) is 8.44. The highest BCUT2D eigenvalue weighted by atomic mass is 35.5. The molecule has 1 atom stereocenters. The molecule has 0 bridgehead atoms. The van der Waals surface area contributed by atoms with Gasteiger partial charge in [-0.05, 0) is 50.6 Å². The predicted octanol–water partition coefficient (Wildman–Crippen LogP) is 3.41. The molecule has 1 unspecified atom stereocenters. The second-order valence-electron chi connectivity index (χ2n) is 8.70. The summed E-state index contributed by atoms with van der Waals surface area (Å²) in [6.45, 7) is 4.81. The number of ether oxygens (including phenoxy) is 2. The van der Waals surface area contributed by atoms with Gasteiger partial charge in [0.15, 0.2) is 0 Å². The van der Waals surface area contributed by atoms with Crippen molar-refractivity contribution in [2.75, 3.05) is 13.2 Å². The van der Waals surface area contributed by atoms with Crippen molar-refractivity contribution in [3.8, 4) is 11.5 Å². The molecule has 0 radical (unpaired) electrons. The molecule has 0 saturated heterocycles. The van der Waals surface area contributed by atoms with Crippen LogP contribution in [0.5, 0.6) is 11.5 Å². The first-order valence-electron chi connectivity index (χ1n) is 10.4. The van der Waals surface area contributed by atoms with Crippen LogP contribution in [0.15, 0.2) is 47.3 Å². The van der Waals surface area contributed by atoms with Crippen LogP contribution >= 0.6 is 11.6 Å². The Kier molecular flexibility index (Phi) is 5.80. The Morgan fingerprint density at radius 1 is 1.21 bits per heavy atom. The van der Waals surface area contributed by atoms with Crippen molar-refractivity contribution >= 4 is 34.4 Å². The summed E-state index contributed by atoms with van der Waals surface area (Å²) < 4.78 is 12.5. The van der Waals surface area contributed by atoms with Crippen molar-refractivity contribution in [1.29, 1.82) is 0 Å². The third kappa shape index (κ3) is 4.39. The van der Waals surface area contributed by atoms with Crippen LogP contribution in [0.4, 0.5) is 0 Å². The Morgan fingerprint density at radius 3 is 2.58 bits per heavy atom. The van der Waals surface area contributed by atoms with Gasteiger partial charge in [0.05, 0.1) is 11.6 Å². The van der Waals surface area contributed by atoms with Gasteiger partial charge in [0.25, 0.3) is 11.5 Å². The van der Waals surface area contributed by atoms with E-state index in [1.807, 2.05) is 0 Å². The summed E-state index contributed by atoms with van der Waals surface area (Å²) in [7, 11) is 0. The number of carbonyl (C=O) groups excluding carboxylic acids is 2. The lowest BCUT2D eigenvalue weighted by Gasteiger charge is -2.29. The van der Waals surface area contributed by atoms with E-state index in [4.69, 9.17) is 21.1 Å². The molecule has 1 aliphatic rings. The molecule has 2 aromatic carbocycles. The van der Waals surface area contributed by atoms with Gasteiger partial charge in [-0.15, -0.1) is 0 Å². The highest BCUT2D eigenvalue weighted by molar-refractivity contribution is 6.30. The van der Waals surface area contributed by atoms with E-state index in [0.29, 0.717) is 16.3 Å². The number of benzene rings is 2. The van der Waals surface area contributed by atoms with E-state index in [0.717, 1.165) is 5.56 Å². The van der Waals surface area contributed by atoms with Crippen LogP contribution in [0.3, 0.4) is 0 Å². The SMILES string of the molecule is CC(C)(C)OC(=O)CNC(=O)c1c(O)c2cccc3c2n(c1=O)C(c1ccc(Cl)cc1)CO3. The lowest BCUT2D eigenvalue weighted by Crippen LogP contribution is -2.40. The van der Waals surface area contributed by atoms with Gasteiger partial charge in [0.1, 0.15) is 35.8 Å². The minimum atomic E-state index is -0.874. The van der Waals surface area contributed by atoms with Gasteiger partial charge in [-0.1, -0.05) is 29.8 Å². The number of nitrogens with one attached hydrogen (secondary N) is 1. The summed E-state index contributed by atoms with van der Waals surface area (Å²) in [4.78, 5) is 38.5. The van der Waals surface area contributed by atoms with Crippen LogP contribution in [0.2, 0.25) is 5.02 Å². The molecule has 9 heteroatoms. The fraction of sp³-hybridized carbons (Fsp3) is 0.292. The first kappa shape index (κ1) is 22.7. The number of nitrogens with zero attached hydrogens (tertiary/aromatic N) is 1. The molecule has 3 aromatic rings. The monoisotopic (exact) mass is 470 g/mol. The second-order valence-corrected chi connectivity index (χ2v) is 9.13. The molecule has 0 fully saturated rings. The largest absolute Gasteiger partial charge is 0.506 e. The zero-order chi connectivity index (χ0) is 23.9. The number of aromatic nitrogens is 1. The minimum absolute atomic E-state index is 0.150. The highest BCUT2D eigenvalue weighted by Crippen LogP contribution is 2.38. The van der Waals surface area contributed by atoms with Gasteiger partial charge < -0.3 is 19.9 Å². The predicted molar refractivity (Wildman–Crippen MR) is 123 cm³/mol. The van der Waals surface area contributed by atoms with Crippen LogP contribution in [0, 0.1) is 0 Å². The number of hydrogen-bond donors (Lipinski definition) is 2. The van der Waals surface area contributed by atoms with Crippen molar-refractivity contribution in [3.05, 3.63) is 69.0 Å². The van der Waals surface area contributed by atoms with Gasteiger partial charge >= 0.3 is 5.97 Å². The number of para-hydroxylation sites is 1. The van der Waals surface area contributed by atoms with Gasteiger partial charge in [0, 0.05) is 10.4 Å². The first-order valence-corrected chi connectivity index (χ1v) is 10.7. The van der Waals surface area contributed by atoms with Crippen molar-refractivity contribution < 1.29 is 24.2 Å². The van der Waals surface area contributed by atoms with Crippen molar-refractivity contribution in [3.63, 3.8) is 0 Å². The third-order valence-corrected chi connectivity index (χ3v) is 5.42. The maximum Gasteiger partial charge on any atom is 0.325 e. The molecule has 2 N–H and O–H groups in total. The van der Waals surface area contributed by atoms with Crippen molar-refractivity contribution in [2.45, 2.75) is 32.4 Å². The summed E-state index contributed by atoms with van der Waals surface area (Å²) in [6, 6.07) is 11.4. The highest BCUT2D eigenvalue weighted by Gasteiger charge is 2.31. The fourth-order valence-corrected chi connectivity index (χ4v) is 3.96. The lowest BCUT2D eigenvalue weighted by molar-refractivity contribution is -0.153. The molecule has 2 heterocycles. The summed E-state index contributed by atoms with van der Waals surface area (Å²) in [5, 5.41) is 14.1. The standard InChI is InChI=1S/C24H23ClN2O6/c1-24(2,3)33-18(28)11-26-22(30)19-21(29)15-5-4-6-17-20(15)27(23(19)31)16(12-32-17)13-7-9-14(25)10-8-13/h4-10,16,29H,11-12H2,1-3H3,(H,26,30). The van der Waals surface area contributed by atoms with E-state index in [9.17, 15) is 19.5 Å². The summed E-state index contributed by atoms with van der Waals surface area (Å²) in [5.41, 5.74) is -0.738. The lowest BCUT2D eigenvalue weighted by atomic mass is 10.0. The van der Waals surface area contributed by atoms with E-state index in [-0.39, 0.29) is 12.0 Å². The molecule has 0 aliphatic carbocycles. The minimum Gasteiger partial charge on any atom is -0.506 e. The zero-order valence-electron chi connectivity index (χ0n) is 18.3. The molecular weight excluding hydrogens is 448 g/mol. The van der Waals surface area contributed by atoms with Crippen molar-refractivity contribution in [2.24, 2.45) is 0 Å². The number of aromatic hydroxyl groups is 1. The Bertz CT molecular complexity index is 1310. The number of pyridine rings is 1. The number of rotatable bonds is 4.